The molecule has 0 aromatic heterocycles. The van der Waals surface area contributed by atoms with E-state index in [-0.39, 0.29) is 30.7 Å². The first-order valence-electron chi connectivity index (χ1n) is 7.48. The van der Waals surface area contributed by atoms with Gasteiger partial charge in [-0.15, -0.1) is 0 Å². The van der Waals surface area contributed by atoms with Gasteiger partial charge in [0, 0.05) is 17.4 Å². The van der Waals surface area contributed by atoms with Gasteiger partial charge in [0.05, 0.1) is 16.8 Å². The number of hydrogen-bond acceptors (Lipinski definition) is 3. The van der Waals surface area contributed by atoms with Gasteiger partial charge in [-0.25, -0.2) is 0 Å². The first kappa shape index (κ1) is 16.4. The fourth-order valence-electron chi connectivity index (χ4n) is 2.59. The summed E-state index contributed by atoms with van der Waals surface area (Å²) in [6.45, 7) is 2.01. The number of amides is 3. The number of nitrogens with one attached hydrogen (secondary N) is 1. The van der Waals surface area contributed by atoms with Crippen LogP contribution in [0.25, 0.3) is 0 Å². The highest BCUT2D eigenvalue weighted by Gasteiger charge is 2.34. The average Bonchev–Trinajstić information content (AvgIpc) is 2.80. The number of halogens is 1. The van der Waals surface area contributed by atoms with Crippen LogP contribution in [0.3, 0.4) is 0 Å². The van der Waals surface area contributed by atoms with Crippen molar-refractivity contribution in [3.05, 3.63) is 63.6 Å². The molecule has 6 heteroatoms. The molecule has 24 heavy (non-hydrogen) atoms. The summed E-state index contributed by atoms with van der Waals surface area (Å²) in [7, 11) is 0. The number of carbonyl (C=O) groups is 3. The van der Waals surface area contributed by atoms with E-state index in [1.54, 1.807) is 30.3 Å². The summed E-state index contributed by atoms with van der Waals surface area (Å²) in [5.41, 5.74) is 2.52. The Bertz CT molecular complexity index is 813. The van der Waals surface area contributed by atoms with Crippen LogP contribution >= 0.6 is 15.9 Å². The van der Waals surface area contributed by atoms with E-state index in [1.807, 2.05) is 19.1 Å². The molecular weight excluding hydrogens is 372 g/mol. The predicted molar refractivity (Wildman–Crippen MR) is 93.9 cm³/mol. The lowest BCUT2D eigenvalue weighted by Crippen LogP contribution is -2.32. The zero-order valence-corrected chi connectivity index (χ0v) is 14.6. The molecule has 0 saturated heterocycles. The summed E-state index contributed by atoms with van der Waals surface area (Å²) in [5, 5.41) is 2.78. The Kier molecular flexibility index (Phi) is 4.49. The van der Waals surface area contributed by atoms with Crippen molar-refractivity contribution in [2.45, 2.75) is 13.3 Å². The topological polar surface area (TPSA) is 66.5 Å². The molecule has 5 nitrogen and oxygen atoms in total. The highest BCUT2D eigenvalue weighted by molar-refractivity contribution is 9.10. The van der Waals surface area contributed by atoms with E-state index >= 15 is 0 Å². The lowest BCUT2D eigenvalue weighted by Gasteiger charge is -2.14. The molecule has 0 unspecified atom stereocenters. The predicted octanol–water partition coefficient (Wildman–Crippen LogP) is 3.38. The summed E-state index contributed by atoms with van der Waals surface area (Å²) in [4.78, 5) is 37.7. The van der Waals surface area contributed by atoms with Crippen LogP contribution in [0.15, 0.2) is 46.9 Å². The zero-order valence-electron chi connectivity index (χ0n) is 13.0. The third-order valence-corrected chi connectivity index (χ3v) is 4.50. The summed E-state index contributed by atoms with van der Waals surface area (Å²) >= 11 is 3.40. The molecule has 0 saturated carbocycles. The van der Waals surface area contributed by atoms with Gasteiger partial charge >= 0.3 is 0 Å². The number of rotatable bonds is 4. The fourth-order valence-corrected chi connectivity index (χ4v) is 3.18. The Morgan fingerprint density at radius 3 is 2.29 bits per heavy atom. The minimum absolute atomic E-state index is 0.0474. The third kappa shape index (κ3) is 3.10. The first-order chi connectivity index (χ1) is 11.5. The third-order valence-electron chi connectivity index (χ3n) is 3.84. The minimum atomic E-state index is -0.347. The van der Waals surface area contributed by atoms with Gasteiger partial charge in [-0.2, -0.15) is 0 Å². The van der Waals surface area contributed by atoms with Crippen molar-refractivity contribution in [1.82, 2.24) is 4.90 Å². The van der Waals surface area contributed by atoms with Gasteiger partial charge in [0.15, 0.2) is 0 Å². The molecule has 0 fully saturated rings. The Morgan fingerprint density at radius 1 is 1.08 bits per heavy atom. The number of anilines is 1. The summed E-state index contributed by atoms with van der Waals surface area (Å²) in [6, 6.07) is 12.3. The van der Waals surface area contributed by atoms with Crippen LogP contribution in [-0.4, -0.2) is 29.2 Å². The van der Waals surface area contributed by atoms with Crippen LogP contribution in [0.1, 0.15) is 32.7 Å². The van der Waals surface area contributed by atoms with E-state index < -0.39 is 0 Å². The molecule has 1 heterocycles. The Morgan fingerprint density at radius 2 is 1.71 bits per heavy atom. The van der Waals surface area contributed by atoms with E-state index in [0.29, 0.717) is 16.8 Å². The van der Waals surface area contributed by atoms with Gasteiger partial charge in [0.1, 0.15) is 0 Å². The van der Waals surface area contributed by atoms with E-state index in [4.69, 9.17) is 0 Å². The quantitative estimate of drug-likeness (QED) is 0.818. The van der Waals surface area contributed by atoms with Crippen molar-refractivity contribution < 1.29 is 14.4 Å². The van der Waals surface area contributed by atoms with Crippen LogP contribution < -0.4 is 5.32 Å². The van der Waals surface area contributed by atoms with Gasteiger partial charge in [-0.3, -0.25) is 19.3 Å². The second-order valence-electron chi connectivity index (χ2n) is 5.59. The number of benzene rings is 2. The van der Waals surface area contributed by atoms with E-state index in [2.05, 4.69) is 21.2 Å². The summed E-state index contributed by atoms with van der Waals surface area (Å²) in [5.74, 6) is -0.948. The number of fused-ring (bicyclic) bond motifs is 1. The second-order valence-corrected chi connectivity index (χ2v) is 6.44. The standard InChI is InChI=1S/C18H15BrN2O3/c1-11-6-7-15(14(19)10-11)20-16(22)8-9-21-17(23)12-4-2-3-5-13(12)18(21)24/h2-7,10H,8-9H2,1H3,(H,20,22). The van der Waals surface area contributed by atoms with Crippen molar-refractivity contribution >= 4 is 39.3 Å². The molecule has 0 spiro atoms. The number of carbonyl (C=O) groups excluding carboxylic acids is 3. The molecule has 0 atom stereocenters. The van der Waals surface area contributed by atoms with Gasteiger partial charge in [-0.1, -0.05) is 18.2 Å². The van der Waals surface area contributed by atoms with Gasteiger partial charge in [0.2, 0.25) is 5.91 Å². The summed E-state index contributed by atoms with van der Waals surface area (Å²) < 4.78 is 0.789. The first-order valence-corrected chi connectivity index (χ1v) is 8.28. The maximum atomic E-state index is 12.2. The van der Waals surface area contributed by atoms with Crippen molar-refractivity contribution in [2.75, 3.05) is 11.9 Å². The number of imide groups is 1. The Labute approximate surface area is 147 Å². The molecular formula is C18H15BrN2O3. The van der Waals surface area contributed by atoms with Crippen LogP contribution in [0.2, 0.25) is 0 Å². The molecule has 2 aromatic carbocycles. The van der Waals surface area contributed by atoms with Crippen molar-refractivity contribution in [3.8, 4) is 0 Å². The molecule has 1 aliphatic heterocycles. The molecule has 3 rings (SSSR count). The number of nitrogens with zero attached hydrogens (tertiary/aromatic N) is 1. The lowest BCUT2D eigenvalue weighted by atomic mass is 10.1. The molecule has 0 bridgehead atoms. The van der Waals surface area contributed by atoms with Crippen LogP contribution in [-0.2, 0) is 4.79 Å². The lowest BCUT2D eigenvalue weighted by molar-refractivity contribution is -0.116. The Hall–Kier alpha value is -2.47. The average molecular weight is 387 g/mol. The van der Waals surface area contributed by atoms with Crippen molar-refractivity contribution in [1.29, 1.82) is 0 Å². The maximum absolute atomic E-state index is 12.2. The minimum Gasteiger partial charge on any atom is -0.325 e. The highest BCUT2D eigenvalue weighted by atomic mass is 79.9. The van der Waals surface area contributed by atoms with E-state index in [9.17, 15) is 14.4 Å². The van der Waals surface area contributed by atoms with E-state index in [0.717, 1.165) is 14.9 Å². The molecule has 1 aliphatic rings. The smallest absolute Gasteiger partial charge is 0.261 e. The fraction of sp³-hybridized carbons (Fsp3) is 0.167. The van der Waals surface area contributed by atoms with Gasteiger partial charge in [-0.05, 0) is 52.7 Å². The molecule has 0 aliphatic carbocycles. The molecule has 1 N–H and O–H groups in total. The van der Waals surface area contributed by atoms with E-state index in [1.165, 1.54) is 0 Å². The normalized spacial score (nSPS) is 13.2. The van der Waals surface area contributed by atoms with Crippen LogP contribution in [0, 0.1) is 6.92 Å². The molecule has 2 aromatic rings. The van der Waals surface area contributed by atoms with Gasteiger partial charge in [0.25, 0.3) is 11.8 Å². The van der Waals surface area contributed by atoms with Crippen LogP contribution in [0.5, 0.6) is 0 Å². The molecule has 122 valence electrons. The number of aryl methyl sites for hydroxylation is 1. The second kappa shape index (κ2) is 6.57. The monoisotopic (exact) mass is 386 g/mol. The van der Waals surface area contributed by atoms with Gasteiger partial charge < -0.3 is 5.32 Å². The molecule has 3 amide bonds. The highest BCUT2D eigenvalue weighted by Crippen LogP contribution is 2.24. The van der Waals surface area contributed by atoms with Crippen LogP contribution in [0.4, 0.5) is 5.69 Å². The zero-order chi connectivity index (χ0) is 17.3. The SMILES string of the molecule is Cc1ccc(NC(=O)CCN2C(=O)c3ccccc3C2=O)c(Br)c1. The molecule has 0 radical (unpaired) electrons. The largest absolute Gasteiger partial charge is 0.325 e. The van der Waals surface area contributed by atoms with Crippen molar-refractivity contribution in [2.24, 2.45) is 0 Å². The summed E-state index contributed by atoms with van der Waals surface area (Å²) in [6.07, 6.45) is 0.0474. The number of hydrogen-bond donors (Lipinski definition) is 1. The Balaban J connectivity index is 1.63. The van der Waals surface area contributed by atoms with Crippen molar-refractivity contribution in [3.63, 3.8) is 0 Å². The maximum Gasteiger partial charge on any atom is 0.261 e.